The van der Waals surface area contributed by atoms with E-state index in [2.05, 4.69) is 36.5 Å². The molecule has 198 valence electrons. The Kier molecular flexibility index (Phi) is 8.41. The Hall–Kier alpha value is -4.19. The average Bonchev–Trinajstić information content (AvgIpc) is 3.07. The van der Waals surface area contributed by atoms with E-state index in [4.69, 9.17) is 14.2 Å². The van der Waals surface area contributed by atoms with Crippen molar-refractivity contribution in [2.75, 3.05) is 27.9 Å². The van der Waals surface area contributed by atoms with Crippen LogP contribution in [0, 0.1) is 0 Å². The summed E-state index contributed by atoms with van der Waals surface area (Å²) in [7, 11) is 4.65. The first-order chi connectivity index (χ1) is 18.4. The Labute approximate surface area is 224 Å². The lowest BCUT2D eigenvalue weighted by Gasteiger charge is -2.11. The summed E-state index contributed by atoms with van der Waals surface area (Å²) >= 11 is 0. The third-order valence-electron chi connectivity index (χ3n) is 7.01. The lowest BCUT2D eigenvalue weighted by molar-refractivity contribution is -0.119. The van der Waals surface area contributed by atoms with Crippen LogP contribution in [0.1, 0.15) is 49.8 Å². The van der Waals surface area contributed by atoms with Crippen molar-refractivity contribution in [3.8, 4) is 23.0 Å². The van der Waals surface area contributed by atoms with Gasteiger partial charge in [0.2, 0.25) is 11.7 Å². The second-order valence-electron chi connectivity index (χ2n) is 9.33. The number of rotatable bonds is 9. The first-order valence-electron chi connectivity index (χ1n) is 12.8. The second-order valence-corrected chi connectivity index (χ2v) is 9.33. The standard InChI is InChI=1S/C32H35NO5/c1-6-21-9-7-8-10-22(13-21)19-33-31(34)18-27-20(2)26(25-12-11-24(36-3)17-28(25)27)14-23-15-29(37-4)32(35)30(16-23)38-5/h7-8,10-17,35H,6,9,18-19H2,1-5H3,(H,33,34)/b26-14-. The van der Waals surface area contributed by atoms with E-state index in [1.807, 2.05) is 31.2 Å². The highest BCUT2D eigenvalue weighted by atomic mass is 16.5. The fourth-order valence-electron chi connectivity index (χ4n) is 4.84. The normalized spacial score (nSPS) is 15.6. The van der Waals surface area contributed by atoms with Gasteiger partial charge in [0, 0.05) is 6.54 Å². The van der Waals surface area contributed by atoms with Gasteiger partial charge in [-0.2, -0.15) is 0 Å². The molecular weight excluding hydrogens is 478 g/mol. The summed E-state index contributed by atoms with van der Waals surface area (Å²) in [4.78, 5) is 13.1. The maximum Gasteiger partial charge on any atom is 0.224 e. The molecule has 2 aliphatic carbocycles. The fourth-order valence-corrected chi connectivity index (χ4v) is 4.84. The van der Waals surface area contributed by atoms with E-state index in [9.17, 15) is 9.90 Å². The van der Waals surface area contributed by atoms with Gasteiger partial charge in [-0.15, -0.1) is 0 Å². The summed E-state index contributed by atoms with van der Waals surface area (Å²) in [5, 5.41) is 13.4. The highest BCUT2D eigenvalue weighted by Crippen LogP contribution is 2.46. The molecule has 0 unspecified atom stereocenters. The van der Waals surface area contributed by atoms with Crippen molar-refractivity contribution in [2.45, 2.75) is 33.1 Å². The monoisotopic (exact) mass is 513 g/mol. The van der Waals surface area contributed by atoms with E-state index in [1.165, 1.54) is 19.8 Å². The molecule has 2 N–H and O–H groups in total. The van der Waals surface area contributed by atoms with Crippen LogP contribution in [0.5, 0.6) is 23.0 Å². The first-order valence-corrected chi connectivity index (χ1v) is 12.8. The van der Waals surface area contributed by atoms with Gasteiger partial charge in [-0.25, -0.2) is 0 Å². The van der Waals surface area contributed by atoms with Crippen molar-refractivity contribution < 1.29 is 24.1 Å². The predicted molar refractivity (Wildman–Crippen MR) is 153 cm³/mol. The van der Waals surface area contributed by atoms with Gasteiger partial charge in [0.15, 0.2) is 11.5 Å². The lowest BCUT2D eigenvalue weighted by atomic mass is 10.00. The number of hydrogen-bond acceptors (Lipinski definition) is 5. The van der Waals surface area contributed by atoms with Crippen LogP contribution in [0.15, 0.2) is 71.4 Å². The molecule has 2 aromatic carbocycles. The molecule has 0 saturated carbocycles. The molecule has 0 radical (unpaired) electrons. The van der Waals surface area contributed by atoms with Crippen molar-refractivity contribution >= 4 is 23.1 Å². The van der Waals surface area contributed by atoms with Crippen molar-refractivity contribution in [2.24, 2.45) is 0 Å². The van der Waals surface area contributed by atoms with E-state index < -0.39 is 0 Å². The molecule has 0 aromatic heterocycles. The summed E-state index contributed by atoms with van der Waals surface area (Å²) in [5.41, 5.74) is 8.22. The number of carbonyl (C=O) groups excluding carboxylic acids is 1. The van der Waals surface area contributed by atoms with E-state index in [0.717, 1.165) is 57.6 Å². The first kappa shape index (κ1) is 26.9. The molecule has 0 fully saturated rings. The Balaban J connectivity index is 1.65. The SMILES string of the molecule is CCC1=CC(CNC(=O)CC2=C(C)/C(=C/c3cc(OC)c(O)c(OC)c3)c3ccc(OC)cc32)=CC=CC1. The molecule has 0 bridgehead atoms. The summed E-state index contributed by atoms with van der Waals surface area (Å²) in [6.07, 6.45) is 12.7. The van der Waals surface area contributed by atoms with Gasteiger partial charge in [0.25, 0.3) is 0 Å². The molecule has 2 aliphatic rings. The highest BCUT2D eigenvalue weighted by Gasteiger charge is 2.26. The molecule has 0 saturated heterocycles. The van der Waals surface area contributed by atoms with Gasteiger partial charge < -0.3 is 24.6 Å². The molecule has 1 amide bonds. The predicted octanol–water partition coefficient (Wildman–Crippen LogP) is 6.47. The molecular formula is C32H35NO5. The number of allylic oxidation sites excluding steroid dienone is 6. The number of carbonyl (C=O) groups is 1. The fraction of sp³-hybridized carbons (Fsp3) is 0.281. The topological polar surface area (TPSA) is 77.0 Å². The van der Waals surface area contributed by atoms with Crippen LogP contribution in [0.3, 0.4) is 0 Å². The number of fused-ring (bicyclic) bond motifs is 1. The van der Waals surface area contributed by atoms with Crippen molar-refractivity contribution in [1.82, 2.24) is 5.32 Å². The summed E-state index contributed by atoms with van der Waals surface area (Å²) < 4.78 is 16.2. The number of phenols is 1. The van der Waals surface area contributed by atoms with Gasteiger partial charge in [-0.1, -0.05) is 42.9 Å². The number of amides is 1. The Bertz CT molecular complexity index is 1370. The molecule has 0 heterocycles. The van der Waals surface area contributed by atoms with Crippen LogP contribution < -0.4 is 19.5 Å². The largest absolute Gasteiger partial charge is 0.502 e. The number of nitrogens with one attached hydrogen (secondary N) is 1. The Morgan fingerprint density at radius 2 is 1.79 bits per heavy atom. The van der Waals surface area contributed by atoms with Gasteiger partial charge in [-0.3, -0.25) is 4.79 Å². The minimum absolute atomic E-state index is 0.0390. The smallest absolute Gasteiger partial charge is 0.224 e. The number of methoxy groups -OCH3 is 3. The zero-order chi connectivity index (χ0) is 27.2. The molecule has 6 heteroatoms. The average molecular weight is 514 g/mol. The van der Waals surface area contributed by atoms with Gasteiger partial charge in [0.05, 0.1) is 27.8 Å². The van der Waals surface area contributed by atoms with Gasteiger partial charge in [0.1, 0.15) is 5.75 Å². The lowest BCUT2D eigenvalue weighted by Crippen LogP contribution is -2.25. The van der Waals surface area contributed by atoms with Crippen LogP contribution >= 0.6 is 0 Å². The third kappa shape index (κ3) is 5.70. The quantitative estimate of drug-likeness (QED) is 0.402. The van der Waals surface area contributed by atoms with Crippen LogP contribution in [0.25, 0.3) is 17.2 Å². The minimum atomic E-state index is -0.0430. The number of hydrogen-bond donors (Lipinski definition) is 2. The number of ether oxygens (including phenoxy) is 3. The molecule has 6 nitrogen and oxygen atoms in total. The molecule has 4 rings (SSSR count). The van der Waals surface area contributed by atoms with E-state index in [-0.39, 0.29) is 18.1 Å². The van der Waals surface area contributed by atoms with Crippen molar-refractivity contribution in [3.63, 3.8) is 0 Å². The van der Waals surface area contributed by atoms with Crippen LogP contribution in [-0.4, -0.2) is 38.9 Å². The Morgan fingerprint density at radius 1 is 1.05 bits per heavy atom. The van der Waals surface area contributed by atoms with Crippen molar-refractivity contribution in [1.29, 1.82) is 0 Å². The van der Waals surface area contributed by atoms with Crippen LogP contribution in [0.4, 0.5) is 0 Å². The number of aromatic hydroxyl groups is 1. The van der Waals surface area contributed by atoms with E-state index in [1.54, 1.807) is 19.2 Å². The number of phenolic OH excluding ortho intramolecular Hbond substituents is 1. The van der Waals surface area contributed by atoms with E-state index >= 15 is 0 Å². The maximum absolute atomic E-state index is 13.1. The van der Waals surface area contributed by atoms with Gasteiger partial charge >= 0.3 is 0 Å². The highest BCUT2D eigenvalue weighted by molar-refractivity contribution is 6.08. The summed E-state index contributed by atoms with van der Waals surface area (Å²) in [6, 6.07) is 9.45. The molecule has 0 spiro atoms. The maximum atomic E-state index is 13.1. The van der Waals surface area contributed by atoms with Crippen molar-refractivity contribution in [3.05, 3.63) is 88.0 Å². The Morgan fingerprint density at radius 3 is 2.45 bits per heavy atom. The van der Waals surface area contributed by atoms with Gasteiger partial charge in [-0.05, 0) is 89.1 Å². The van der Waals surface area contributed by atoms with Crippen LogP contribution in [0.2, 0.25) is 0 Å². The molecule has 38 heavy (non-hydrogen) atoms. The third-order valence-corrected chi connectivity index (χ3v) is 7.01. The zero-order valence-corrected chi connectivity index (χ0v) is 22.7. The summed E-state index contributed by atoms with van der Waals surface area (Å²) in [5.74, 6) is 1.30. The van der Waals surface area contributed by atoms with Crippen LogP contribution in [-0.2, 0) is 4.79 Å². The summed E-state index contributed by atoms with van der Waals surface area (Å²) in [6.45, 7) is 4.67. The second kappa shape index (κ2) is 11.9. The minimum Gasteiger partial charge on any atom is -0.502 e. The molecule has 2 aromatic rings. The van der Waals surface area contributed by atoms with E-state index in [0.29, 0.717) is 18.0 Å². The molecule has 0 atom stereocenters. The molecule has 0 aliphatic heterocycles. The zero-order valence-electron chi connectivity index (χ0n) is 22.7. The number of benzene rings is 2.